The van der Waals surface area contributed by atoms with Crippen molar-refractivity contribution in [2.24, 2.45) is 0 Å². The first-order chi connectivity index (χ1) is 13.1. The van der Waals surface area contributed by atoms with E-state index in [0.717, 1.165) is 17.1 Å². The number of carbonyl (C=O) groups is 2. The van der Waals surface area contributed by atoms with Crippen LogP contribution in [0.3, 0.4) is 0 Å². The number of rotatable bonds is 6. The molecule has 0 aliphatic heterocycles. The van der Waals surface area contributed by atoms with Crippen LogP contribution in [0.5, 0.6) is 0 Å². The Morgan fingerprint density at radius 2 is 1.78 bits per heavy atom. The number of aromatic nitrogens is 2. The standard InChI is InChI=1S/C21H22N4O2/c1-3-22-20(26)17-9-7-8-16(12-17)13-24-21(27)19-14-23-15(2)25(19)18-10-5-4-6-11-18/h4-12,14H,3,13H2,1-2H3,(H,22,26)(H,24,27). The maximum Gasteiger partial charge on any atom is 0.270 e. The summed E-state index contributed by atoms with van der Waals surface area (Å²) >= 11 is 0. The van der Waals surface area contributed by atoms with E-state index in [0.29, 0.717) is 24.3 Å². The minimum Gasteiger partial charge on any atom is -0.352 e. The van der Waals surface area contributed by atoms with Gasteiger partial charge in [-0.2, -0.15) is 0 Å². The molecule has 138 valence electrons. The first kappa shape index (κ1) is 18.4. The Balaban J connectivity index is 1.74. The summed E-state index contributed by atoms with van der Waals surface area (Å²) in [6, 6.07) is 16.9. The van der Waals surface area contributed by atoms with Crippen molar-refractivity contribution < 1.29 is 9.59 Å². The van der Waals surface area contributed by atoms with Crippen LogP contribution in [0.4, 0.5) is 0 Å². The smallest absolute Gasteiger partial charge is 0.270 e. The normalized spacial score (nSPS) is 10.4. The molecule has 0 aliphatic carbocycles. The number of benzene rings is 2. The van der Waals surface area contributed by atoms with Crippen molar-refractivity contribution in [1.82, 2.24) is 20.2 Å². The zero-order valence-corrected chi connectivity index (χ0v) is 15.4. The second-order valence-electron chi connectivity index (χ2n) is 6.10. The lowest BCUT2D eigenvalue weighted by molar-refractivity contribution is 0.0941. The summed E-state index contributed by atoms with van der Waals surface area (Å²) in [5.41, 5.74) is 2.79. The second kappa shape index (κ2) is 8.31. The number of para-hydroxylation sites is 1. The van der Waals surface area contributed by atoms with Gasteiger partial charge < -0.3 is 10.6 Å². The third-order valence-corrected chi connectivity index (χ3v) is 4.16. The predicted molar refractivity (Wildman–Crippen MR) is 104 cm³/mol. The van der Waals surface area contributed by atoms with Crippen LogP contribution in [0, 0.1) is 6.92 Å². The zero-order valence-electron chi connectivity index (χ0n) is 15.4. The molecule has 2 N–H and O–H groups in total. The van der Waals surface area contributed by atoms with Crippen molar-refractivity contribution in [2.75, 3.05) is 6.54 Å². The van der Waals surface area contributed by atoms with E-state index in [-0.39, 0.29) is 11.8 Å². The SMILES string of the molecule is CCNC(=O)c1cccc(CNC(=O)c2cnc(C)n2-c2ccccc2)c1. The summed E-state index contributed by atoms with van der Waals surface area (Å²) in [6.07, 6.45) is 1.57. The van der Waals surface area contributed by atoms with Crippen molar-refractivity contribution in [3.63, 3.8) is 0 Å². The molecule has 0 fully saturated rings. The maximum atomic E-state index is 12.7. The number of nitrogens with zero attached hydrogens (tertiary/aromatic N) is 2. The lowest BCUT2D eigenvalue weighted by Crippen LogP contribution is -2.26. The average molecular weight is 362 g/mol. The van der Waals surface area contributed by atoms with Crippen LogP contribution in [0.15, 0.2) is 60.8 Å². The molecule has 27 heavy (non-hydrogen) atoms. The maximum absolute atomic E-state index is 12.7. The molecule has 0 saturated heterocycles. The molecule has 6 heteroatoms. The fourth-order valence-electron chi connectivity index (χ4n) is 2.87. The summed E-state index contributed by atoms with van der Waals surface area (Å²) in [5.74, 6) is 0.399. The van der Waals surface area contributed by atoms with E-state index in [1.54, 1.807) is 18.3 Å². The highest BCUT2D eigenvalue weighted by atomic mass is 16.2. The van der Waals surface area contributed by atoms with Gasteiger partial charge in [0.25, 0.3) is 11.8 Å². The van der Waals surface area contributed by atoms with Gasteiger partial charge >= 0.3 is 0 Å². The van der Waals surface area contributed by atoms with Crippen molar-refractivity contribution in [1.29, 1.82) is 0 Å². The van der Waals surface area contributed by atoms with Crippen molar-refractivity contribution in [3.05, 3.63) is 83.4 Å². The summed E-state index contributed by atoms with van der Waals surface area (Å²) < 4.78 is 1.82. The van der Waals surface area contributed by atoms with E-state index < -0.39 is 0 Å². The summed E-state index contributed by atoms with van der Waals surface area (Å²) in [5, 5.41) is 5.68. The van der Waals surface area contributed by atoms with Gasteiger partial charge in [0, 0.05) is 24.3 Å². The fraction of sp³-hybridized carbons (Fsp3) is 0.190. The number of aryl methyl sites for hydroxylation is 1. The van der Waals surface area contributed by atoms with Crippen LogP contribution in [-0.4, -0.2) is 27.9 Å². The monoisotopic (exact) mass is 362 g/mol. The molecule has 0 aliphatic rings. The number of hydrogen-bond donors (Lipinski definition) is 2. The number of nitrogens with one attached hydrogen (secondary N) is 2. The minimum atomic E-state index is -0.220. The number of amides is 2. The molecular weight excluding hydrogens is 340 g/mol. The highest BCUT2D eigenvalue weighted by Crippen LogP contribution is 2.14. The van der Waals surface area contributed by atoms with Gasteiger partial charge in [0.15, 0.2) is 0 Å². The Morgan fingerprint density at radius 1 is 1.00 bits per heavy atom. The predicted octanol–water partition coefficient (Wildman–Crippen LogP) is 2.86. The number of hydrogen-bond acceptors (Lipinski definition) is 3. The highest BCUT2D eigenvalue weighted by Gasteiger charge is 2.15. The fourth-order valence-corrected chi connectivity index (χ4v) is 2.87. The van der Waals surface area contributed by atoms with Crippen molar-refractivity contribution in [3.8, 4) is 5.69 Å². The van der Waals surface area contributed by atoms with Gasteiger partial charge in [-0.05, 0) is 43.7 Å². The average Bonchev–Trinajstić information content (AvgIpc) is 3.09. The molecule has 1 heterocycles. The van der Waals surface area contributed by atoms with Crippen LogP contribution in [0.2, 0.25) is 0 Å². The summed E-state index contributed by atoms with van der Waals surface area (Å²) in [7, 11) is 0. The van der Waals surface area contributed by atoms with Crippen LogP contribution >= 0.6 is 0 Å². The molecule has 1 aromatic heterocycles. The molecule has 0 radical (unpaired) electrons. The third kappa shape index (κ3) is 4.23. The lowest BCUT2D eigenvalue weighted by Gasteiger charge is -2.11. The van der Waals surface area contributed by atoms with Gasteiger partial charge in [-0.25, -0.2) is 4.98 Å². The molecule has 0 unspecified atom stereocenters. The minimum absolute atomic E-state index is 0.122. The van der Waals surface area contributed by atoms with Crippen LogP contribution in [0.1, 0.15) is 39.2 Å². The Hall–Kier alpha value is -3.41. The Labute approximate surface area is 158 Å². The number of imidazole rings is 1. The van der Waals surface area contributed by atoms with E-state index in [2.05, 4.69) is 15.6 Å². The molecule has 0 saturated carbocycles. The van der Waals surface area contributed by atoms with Crippen molar-refractivity contribution in [2.45, 2.75) is 20.4 Å². The second-order valence-corrected chi connectivity index (χ2v) is 6.10. The van der Waals surface area contributed by atoms with E-state index in [1.807, 2.05) is 60.9 Å². The lowest BCUT2D eigenvalue weighted by atomic mass is 10.1. The quantitative estimate of drug-likeness (QED) is 0.708. The van der Waals surface area contributed by atoms with Crippen molar-refractivity contribution >= 4 is 11.8 Å². The molecule has 2 aromatic carbocycles. The molecule has 3 rings (SSSR count). The first-order valence-corrected chi connectivity index (χ1v) is 8.85. The van der Waals surface area contributed by atoms with E-state index in [9.17, 15) is 9.59 Å². The van der Waals surface area contributed by atoms with Crippen LogP contribution in [0.25, 0.3) is 5.69 Å². The molecule has 0 spiro atoms. The molecular formula is C21H22N4O2. The van der Waals surface area contributed by atoms with Gasteiger partial charge in [0.1, 0.15) is 11.5 Å². The Bertz CT molecular complexity index is 948. The largest absolute Gasteiger partial charge is 0.352 e. The molecule has 0 atom stereocenters. The summed E-state index contributed by atoms with van der Waals surface area (Å²) in [6.45, 7) is 4.63. The zero-order chi connectivity index (χ0) is 19.2. The first-order valence-electron chi connectivity index (χ1n) is 8.85. The van der Waals surface area contributed by atoms with E-state index >= 15 is 0 Å². The number of carbonyl (C=O) groups excluding carboxylic acids is 2. The van der Waals surface area contributed by atoms with E-state index in [4.69, 9.17) is 0 Å². The third-order valence-electron chi connectivity index (χ3n) is 4.16. The van der Waals surface area contributed by atoms with E-state index in [1.165, 1.54) is 0 Å². The van der Waals surface area contributed by atoms with Gasteiger partial charge in [-0.1, -0.05) is 30.3 Å². The van der Waals surface area contributed by atoms with Gasteiger partial charge in [0.2, 0.25) is 0 Å². The Morgan fingerprint density at radius 3 is 2.52 bits per heavy atom. The topological polar surface area (TPSA) is 76.0 Å². The van der Waals surface area contributed by atoms with Gasteiger partial charge in [-0.3, -0.25) is 14.2 Å². The van der Waals surface area contributed by atoms with Crippen LogP contribution < -0.4 is 10.6 Å². The molecule has 2 amide bonds. The van der Waals surface area contributed by atoms with Gasteiger partial charge in [-0.15, -0.1) is 0 Å². The molecule has 0 bridgehead atoms. The molecule has 6 nitrogen and oxygen atoms in total. The molecule has 3 aromatic rings. The Kier molecular flexibility index (Phi) is 5.66. The summed E-state index contributed by atoms with van der Waals surface area (Å²) in [4.78, 5) is 28.9. The van der Waals surface area contributed by atoms with Gasteiger partial charge in [0.05, 0.1) is 6.20 Å². The highest BCUT2D eigenvalue weighted by molar-refractivity contribution is 5.94. The van der Waals surface area contributed by atoms with Crippen LogP contribution in [-0.2, 0) is 6.54 Å².